The zero-order valence-corrected chi connectivity index (χ0v) is 23.1. The highest BCUT2D eigenvalue weighted by atomic mass is 32.1. The minimum atomic E-state index is -4.42. The Morgan fingerprint density at radius 2 is 2.00 bits per heavy atom. The maximum absolute atomic E-state index is 13.1. The van der Waals surface area contributed by atoms with Crippen molar-refractivity contribution in [3.05, 3.63) is 69.1 Å². The molecule has 2 aromatic carbocycles. The van der Waals surface area contributed by atoms with Gasteiger partial charge < -0.3 is 18.9 Å². The third-order valence-electron chi connectivity index (χ3n) is 6.34. The van der Waals surface area contributed by atoms with Crippen molar-refractivity contribution >= 4 is 11.3 Å². The van der Waals surface area contributed by atoms with Gasteiger partial charge in [0, 0.05) is 24.7 Å². The number of thiazole rings is 1. The number of nitrogens with zero attached hydrogens (tertiary/aromatic N) is 2. The molecule has 1 aliphatic rings. The summed E-state index contributed by atoms with van der Waals surface area (Å²) in [6.45, 7) is 2.90. The molecule has 0 spiro atoms. The van der Waals surface area contributed by atoms with Gasteiger partial charge in [-0.2, -0.15) is 22.9 Å². The van der Waals surface area contributed by atoms with Gasteiger partial charge in [-0.15, -0.1) is 11.3 Å². The van der Waals surface area contributed by atoms with Gasteiger partial charge in [0.1, 0.15) is 28.7 Å². The van der Waals surface area contributed by atoms with E-state index in [9.17, 15) is 18.0 Å². The van der Waals surface area contributed by atoms with Crippen molar-refractivity contribution in [3.63, 3.8) is 0 Å². The summed E-state index contributed by atoms with van der Waals surface area (Å²) in [5.74, 6) is 0.671. The molecule has 1 fully saturated rings. The minimum absolute atomic E-state index is 0.0603. The van der Waals surface area contributed by atoms with E-state index in [2.05, 4.69) is 15.0 Å². The molecule has 1 unspecified atom stereocenters. The number of H-pyrrole nitrogens is 2. The van der Waals surface area contributed by atoms with E-state index >= 15 is 0 Å². The molecular formula is C27H28F3N4O6S+. The van der Waals surface area contributed by atoms with Crippen LogP contribution in [0.1, 0.15) is 16.1 Å². The molecule has 10 nitrogen and oxygen atoms in total. The second-order valence-electron chi connectivity index (χ2n) is 9.37. The molecule has 0 bridgehead atoms. The fourth-order valence-electron chi connectivity index (χ4n) is 4.34. The fourth-order valence-corrected chi connectivity index (χ4v) is 5.33. The smallest absolute Gasteiger partial charge is 0.496 e. The monoisotopic (exact) mass is 593 g/mol. The Morgan fingerprint density at radius 1 is 1.20 bits per heavy atom. The Hall–Kier alpha value is -3.72. The van der Waals surface area contributed by atoms with Crippen LogP contribution in [0, 0.1) is 0 Å². The molecule has 2 aromatic heterocycles. The van der Waals surface area contributed by atoms with Gasteiger partial charge in [-0.3, -0.25) is 4.90 Å². The Balaban J connectivity index is 1.36. The third kappa shape index (κ3) is 7.14. The largest absolute Gasteiger partial charge is 0.547 e. The standard InChI is InChI=1S/C27H27F3N4O6S/c1-34(12-19-14-37-9-10-38-19)13-21-23(41-25(31-21)16-3-5-17(6-4-16)27(28,29)30)15-39-18-7-8-20(22(11-18)36-2)24-32-26(35)40-33-24/h3-8,11,19H,9-10,12-15H2,1-2H3,(H,32,33,35)/p+1. The molecule has 14 heteroatoms. The summed E-state index contributed by atoms with van der Waals surface area (Å²) in [6.07, 6.45) is -4.48. The van der Waals surface area contributed by atoms with Gasteiger partial charge in [0.25, 0.3) is 0 Å². The van der Waals surface area contributed by atoms with E-state index in [0.717, 1.165) is 22.7 Å². The van der Waals surface area contributed by atoms with E-state index in [4.69, 9.17) is 28.5 Å². The Labute approximate surface area is 236 Å². The van der Waals surface area contributed by atoms with Gasteiger partial charge >= 0.3 is 17.8 Å². The predicted octanol–water partition coefficient (Wildman–Crippen LogP) is 4.03. The van der Waals surface area contributed by atoms with Crippen molar-refractivity contribution < 1.29 is 41.8 Å². The van der Waals surface area contributed by atoms with Crippen LogP contribution in [0.2, 0.25) is 0 Å². The van der Waals surface area contributed by atoms with Crippen molar-refractivity contribution in [3.8, 4) is 33.5 Å². The van der Waals surface area contributed by atoms with Crippen LogP contribution in [0.3, 0.4) is 0 Å². The van der Waals surface area contributed by atoms with Crippen molar-refractivity contribution in [1.82, 2.24) is 14.9 Å². The molecule has 0 saturated carbocycles. The first kappa shape index (κ1) is 28.8. The molecular weight excluding hydrogens is 565 g/mol. The van der Waals surface area contributed by atoms with Crippen LogP contribution >= 0.6 is 11.3 Å². The normalized spacial score (nSPS) is 15.8. The molecule has 0 aliphatic carbocycles. The highest BCUT2D eigenvalue weighted by Crippen LogP contribution is 2.35. The summed E-state index contributed by atoms with van der Waals surface area (Å²) >= 11 is 1.36. The molecule has 1 aliphatic heterocycles. The first-order valence-corrected chi connectivity index (χ1v) is 13.5. The van der Waals surface area contributed by atoms with Gasteiger partial charge in [0.2, 0.25) is 0 Å². The van der Waals surface area contributed by atoms with Crippen molar-refractivity contribution in [2.75, 3.05) is 40.5 Å². The van der Waals surface area contributed by atoms with Crippen LogP contribution in [0.4, 0.5) is 13.2 Å². The number of hydrogen-bond acceptors (Lipinski definition) is 9. The Morgan fingerprint density at radius 3 is 2.66 bits per heavy atom. The topological polar surface area (TPSA) is 113 Å². The van der Waals surface area contributed by atoms with Gasteiger partial charge in [-0.25, -0.2) is 9.51 Å². The van der Waals surface area contributed by atoms with E-state index in [-0.39, 0.29) is 12.7 Å². The van der Waals surface area contributed by atoms with Crippen LogP contribution in [0.5, 0.6) is 11.5 Å². The molecule has 0 amide bonds. The van der Waals surface area contributed by atoms with E-state index < -0.39 is 17.5 Å². The third-order valence-corrected chi connectivity index (χ3v) is 7.46. The molecule has 1 saturated heterocycles. The molecule has 4 aromatic rings. The molecule has 2 N–H and O–H groups in total. The number of likely N-dealkylation sites (N-methyl/N-ethyl adjacent to an activating group) is 1. The van der Waals surface area contributed by atoms with E-state index in [1.54, 1.807) is 18.2 Å². The second kappa shape index (κ2) is 12.4. The first-order valence-electron chi connectivity index (χ1n) is 12.7. The van der Waals surface area contributed by atoms with E-state index in [0.29, 0.717) is 66.4 Å². The van der Waals surface area contributed by atoms with Crippen molar-refractivity contribution in [1.29, 1.82) is 0 Å². The molecule has 41 heavy (non-hydrogen) atoms. The summed E-state index contributed by atoms with van der Waals surface area (Å²) in [4.78, 5) is 21.6. The zero-order chi connectivity index (χ0) is 29.0. The minimum Gasteiger partial charge on any atom is -0.496 e. The molecule has 218 valence electrons. The summed E-state index contributed by atoms with van der Waals surface area (Å²) in [6, 6.07) is 10.1. The number of halogens is 3. The number of aromatic nitrogens is 3. The van der Waals surface area contributed by atoms with Crippen LogP contribution in [0.15, 0.2) is 51.8 Å². The summed E-state index contributed by atoms with van der Waals surface area (Å²) in [7, 11) is 3.44. The maximum Gasteiger partial charge on any atom is 0.547 e. The predicted molar refractivity (Wildman–Crippen MR) is 142 cm³/mol. The quantitative estimate of drug-likeness (QED) is 0.293. The number of rotatable bonds is 10. The summed E-state index contributed by atoms with van der Waals surface area (Å²) < 4.78 is 66.8. The van der Waals surface area contributed by atoms with E-state index in [1.165, 1.54) is 30.6 Å². The zero-order valence-electron chi connectivity index (χ0n) is 22.2. The van der Waals surface area contributed by atoms with E-state index in [1.807, 2.05) is 7.05 Å². The van der Waals surface area contributed by atoms with Gasteiger partial charge in [0.15, 0.2) is 0 Å². The number of methoxy groups -OCH3 is 1. The second-order valence-corrected chi connectivity index (χ2v) is 10.5. The lowest BCUT2D eigenvalue weighted by Crippen LogP contribution is -2.38. The number of hydrogen-bond donors (Lipinski definition) is 1. The fraction of sp³-hybridized carbons (Fsp3) is 0.370. The summed E-state index contributed by atoms with van der Waals surface area (Å²) in [5, 5.41) is 3.09. The highest BCUT2D eigenvalue weighted by Gasteiger charge is 2.30. The van der Waals surface area contributed by atoms with Gasteiger partial charge in [-0.1, -0.05) is 17.3 Å². The number of nitrogens with one attached hydrogen (secondary N) is 2. The lowest BCUT2D eigenvalue weighted by atomic mass is 10.1. The highest BCUT2D eigenvalue weighted by molar-refractivity contribution is 7.15. The van der Waals surface area contributed by atoms with Crippen molar-refractivity contribution in [2.24, 2.45) is 0 Å². The average molecular weight is 594 g/mol. The first-order chi connectivity index (χ1) is 19.7. The summed E-state index contributed by atoms with van der Waals surface area (Å²) in [5.41, 5.74) is 1.19. The Bertz CT molecular complexity index is 1510. The van der Waals surface area contributed by atoms with Crippen LogP contribution in [-0.2, 0) is 28.8 Å². The number of alkyl halides is 3. The average Bonchev–Trinajstić information content (AvgIpc) is 3.57. The number of aromatic amines is 2. The molecule has 0 radical (unpaired) electrons. The van der Waals surface area contributed by atoms with Crippen molar-refractivity contribution in [2.45, 2.75) is 25.4 Å². The molecule has 3 heterocycles. The van der Waals surface area contributed by atoms with Gasteiger partial charge in [0.05, 0.1) is 49.2 Å². The van der Waals surface area contributed by atoms with Gasteiger partial charge in [-0.05, 0) is 31.3 Å². The maximum atomic E-state index is 13.1. The lowest BCUT2D eigenvalue weighted by Gasteiger charge is -2.27. The van der Waals surface area contributed by atoms with Crippen LogP contribution in [0.25, 0.3) is 22.0 Å². The number of benzene rings is 2. The number of ether oxygens (including phenoxy) is 4. The molecule has 1 atom stereocenters. The SMILES string of the molecule is COc1cc(OCc2sc(-c3ccc(C(F)(F)F)cc3)nc2CN(C)CC2COCCO2)ccc1-c1[nH]c(=O)o[nH+]1. The van der Waals surface area contributed by atoms with Crippen LogP contribution < -0.4 is 20.4 Å². The van der Waals surface area contributed by atoms with Crippen LogP contribution in [-0.4, -0.2) is 61.5 Å². The lowest BCUT2D eigenvalue weighted by molar-refractivity contribution is -0.602. The Kier molecular flexibility index (Phi) is 8.73. The molecule has 5 rings (SSSR count).